The highest BCUT2D eigenvalue weighted by atomic mass is 16.5. The van der Waals surface area contributed by atoms with Gasteiger partial charge in [0.05, 0.1) is 12.2 Å². The molecule has 0 radical (unpaired) electrons. The largest absolute Gasteiger partial charge is 0.390 e. The molecule has 94 valence electrons. The maximum absolute atomic E-state index is 10.2. The zero-order valence-electron chi connectivity index (χ0n) is 10.7. The van der Waals surface area contributed by atoms with Crippen LogP contribution in [0.1, 0.15) is 52.4 Å². The fourth-order valence-electron chi connectivity index (χ4n) is 3.84. The molecule has 2 fully saturated rings. The van der Waals surface area contributed by atoms with Crippen LogP contribution in [0.15, 0.2) is 0 Å². The lowest BCUT2D eigenvalue weighted by atomic mass is 9.83. The van der Waals surface area contributed by atoms with Crippen molar-refractivity contribution in [2.24, 2.45) is 17.8 Å². The molecule has 0 spiro atoms. The summed E-state index contributed by atoms with van der Waals surface area (Å²) >= 11 is 0. The van der Waals surface area contributed by atoms with E-state index in [0.29, 0.717) is 6.61 Å². The summed E-state index contributed by atoms with van der Waals surface area (Å²) in [6.07, 6.45) is 7.37. The van der Waals surface area contributed by atoms with Crippen molar-refractivity contribution in [3.8, 4) is 0 Å². The molecule has 5 unspecified atom stereocenters. The standard InChI is InChI=1S/C14H26O2/c1-3-14(16-4-2)13(15)9-12-8-10-5-6-11(12)7-10/h10-15H,3-9H2,1-2H3. The number of hydrogen-bond donors (Lipinski definition) is 1. The van der Waals surface area contributed by atoms with Gasteiger partial charge >= 0.3 is 0 Å². The van der Waals surface area contributed by atoms with Crippen LogP contribution in [-0.2, 0) is 4.74 Å². The summed E-state index contributed by atoms with van der Waals surface area (Å²) in [5.41, 5.74) is 0. The Balaban J connectivity index is 1.79. The second-order valence-corrected chi connectivity index (χ2v) is 5.64. The number of fused-ring (bicyclic) bond motifs is 2. The van der Waals surface area contributed by atoms with Gasteiger partial charge in [0.1, 0.15) is 0 Å². The number of aliphatic hydroxyl groups is 1. The Morgan fingerprint density at radius 1 is 1.25 bits per heavy atom. The summed E-state index contributed by atoms with van der Waals surface area (Å²) in [6.45, 7) is 4.82. The number of ether oxygens (including phenoxy) is 1. The Kier molecular flexibility index (Phi) is 4.26. The third kappa shape index (κ3) is 2.60. The zero-order chi connectivity index (χ0) is 11.5. The van der Waals surface area contributed by atoms with Gasteiger partial charge in [0.2, 0.25) is 0 Å². The summed E-state index contributed by atoms with van der Waals surface area (Å²) in [5.74, 6) is 2.68. The molecule has 5 atom stereocenters. The summed E-state index contributed by atoms with van der Waals surface area (Å²) in [7, 11) is 0. The van der Waals surface area contributed by atoms with Gasteiger partial charge in [-0.1, -0.05) is 13.3 Å². The van der Waals surface area contributed by atoms with Crippen LogP contribution < -0.4 is 0 Å². The van der Waals surface area contributed by atoms with E-state index >= 15 is 0 Å². The molecule has 2 saturated carbocycles. The van der Waals surface area contributed by atoms with Crippen molar-refractivity contribution in [1.82, 2.24) is 0 Å². The van der Waals surface area contributed by atoms with Crippen LogP contribution in [-0.4, -0.2) is 23.9 Å². The monoisotopic (exact) mass is 226 g/mol. The Hall–Kier alpha value is -0.0800. The minimum absolute atomic E-state index is 0.0594. The maximum atomic E-state index is 10.2. The molecule has 0 aromatic rings. The van der Waals surface area contributed by atoms with Gasteiger partial charge in [0.15, 0.2) is 0 Å². The molecule has 2 nitrogen and oxygen atoms in total. The average molecular weight is 226 g/mol. The van der Waals surface area contributed by atoms with Gasteiger partial charge in [-0.25, -0.2) is 0 Å². The van der Waals surface area contributed by atoms with E-state index in [1.807, 2.05) is 6.92 Å². The van der Waals surface area contributed by atoms with Gasteiger partial charge in [-0.3, -0.25) is 0 Å². The highest BCUT2D eigenvalue weighted by Crippen LogP contribution is 2.50. The van der Waals surface area contributed by atoms with Crippen LogP contribution >= 0.6 is 0 Å². The summed E-state index contributed by atoms with van der Waals surface area (Å²) in [6, 6.07) is 0. The van der Waals surface area contributed by atoms with Gasteiger partial charge in [0, 0.05) is 6.61 Å². The molecule has 2 aliphatic carbocycles. The van der Waals surface area contributed by atoms with E-state index in [2.05, 4.69) is 6.92 Å². The van der Waals surface area contributed by atoms with Crippen molar-refractivity contribution in [1.29, 1.82) is 0 Å². The molecule has 0 aromatic carbocycles. The van der Waals surface area contributed by atoms with Crippen LogP contribution in [0.2, 0.25) is 0 Å². The van der Waals surface area contributed by atoms with Gasteiger partial charge in [-0.2, -0.15) is 0 Å². The Labute approximate surface area is 99.4 Å². The second kappa shape index (κ2) is 5.50. The zero-order valence-corrected chi connectivity index (χ0v) is 10.7. The van der Waals surface area contributed by atoms with Gasteiger partial charge < -0.3 is 9.84 Å². The fourth-order valence-corrected chi connectivity index (χ4v) is 3.84. The fraction of sp³-hybridized carbons (Fsp3) is 1.00. The highest BCUT2D eigenvalue weighted by Gasteiger charge is 2.40. The molecule has 0 aliphatic heterocycles. The quantitative estimate of drug-likeness (QED) is 0.754. The molecule has 0 heterocycles. The number of aliphatic hydroxyl groups excluding tert-OH is 1. The molecule has 2 rings (SSSR count). The highest BCUT2D eigenvalue weighted by molar-refractivity contribution is 4.91. The molecule has 1 N–H and O–H groups in total. The number of rotatable bonds is 6. The molecular weight excluding hydrogens is 200 g/mol. The third-order valence-electron chi connectivity index (χ3n) is 4.64. The molecule has 16 heavy (non-hydrogen) atoms. The lowest BCUT2D eigenvalue weighted by Gasteiger charge is -2.28. The van der Waals surface area contributed by atoms with Gasteiger partial charge in [-0.05, 0) is 56.8 Å². The first-order valence-electron chi connectivity index (χ1n) is 7.04. The van der Waals surface area contributed by atoms with Crippen molar-refractivity contribution in [3.63, 3.8) is 0 Å². The normalized spacial score (nSPS) is 36.6. The first-order valence-corrected chi connectivity index (χ1v) is 7.04. The lowest BCUT2D eigenvalue weighted by Crippen LogP contribution is -2.31. The van der Waals surface area contributed by atoms with E-state index in [-0.39, 0.29) is 12.2 Å². The van der Waals surface area contributed by atoms with Crippen LogP contribution in [0.25, 0.3) is 0 Å². The maximum Gasteiger partial charge on any atom is 0.0831 e. The van der Waals surface area contributed by atoms with Crippen molar-refractivity contribution in [3.05, 3.63) is 0 Å². The smallest absolute Gasteiger partial charge is 0.0831 e. The average Bonchev–Trinajstić information content (AvgIpc) is 2.87. The van der Waals surface area contributed by atoms with Crippen LogP contribution in [0.3, 0.4) is 0 Å². The summed E-state index contributed by atoms with van der Waals surface area (Å²) in [5, 5.41) is 10.2. The van der Waals surface area contributed by atoms with E-state index < -0.39 is 0 Å². The summed E-state index contributed by atoms with van der Waals surface area (Å²) < 4.78 is 5.59. The van der Waals surface area contributed by atoms with Crippen molar-refractivity contribution >= 4 is 0 Å². The van der Waals surface area contributed by atoms with Crippen LogP contribution in [0, 0.1) is 17.8 Å². The van der Waals surface area contributed by atoms with Gasteiger partial charge in [0.25, 0.3) is 0 Å². The predicted molar refractivity (Wildman–Crippen MR) is 65.3 cm³/mol. The Morgan fingerprint density at radius 3 is 2.56 bits per heavy atom. The third-order valence-corrected chi connectivity index (χ3v) is 4.64. The lowest BCUT2D eigenvalue weighted by molar-refractivity contribution is -0.0462. The van der Waals surface area contributed by atoms with Gasteiger partial charge in [-0.15, -0.1) is 0 Å². The van der Waals surface area contributed by atoms with E-state index in [4.69, 9.17) is 4.74 Å². The minimum Gasteiger partial charge on any atom is -0.390 e. The molecule has 2 heteroatoms. The first-order chi connectivity index (χ1) is 7.74. The van der Waals surface area contributed by atoms with Crippen molar-refractivity contribution in [2.75, 3.05) is 6.61 Å². The molecule has 0 amide bonds. The van der Waals surface area contributed by atoms with E-state index in [0.717, 1.165) is 30.6 Å². The molecule has 2 bridgehead atoms. The SMILES string of the molecule is CCOC(CC)C(O)CC1CC2CCC1C2. The van der Waals surface area contributed by atoms with E-state index in [1.54, 1.807) is 0 Å². The first kappa shape index (κ1) is 12.4. The minimum atomic E-state index is -0.241. The van der Waals surface area contributed by atoms with Crippen LogP contribution in [0.4, 0.5) is 0 Å². The molecule has 0 saturated heterocycles. The Bertz CT molecular complexity index is 217. The Morgan fingerprint density at radius 2 is 2.06 bits per heavy atom. The predicted octanol–water partition coefficient (Wildman–Crippen LogP) is 2.99. The molecular formula is C14H26O2. The molecule has 0 aromatic heterocycles. The van der Waals surface area contributed by atoms with Crippen molar-refractivity contribution < 1.29 is 9.84 Å². The summed E-state index contributed by atoms with van der Waals surface area (Å²) in [4.78, 5) is 0. The molecule has 2 aliphatic rings. The van der Waals surface area contributed by atoms with E-state index in [1.165, 1.54) is 25.7 Å². The van der Waals surface area contributed by atoms with Crippen molar-refractivity contribution in [2.45, 2.75) is 64.6 Å². The second-order valence-electron chi connectivity index (χ2n) is 5.64. The number of hydrogen-bond acceptors (Lipinski definition) is 2. The van der Waals surface area contributed by atoms with E-state index in [9.17, 15) is 5.11 Å². The topological polar surface area (TPSA) is 29.5 Å². The van der Waals surface area contributed by atoms with Crippen LogP contribution in [0.5, 0.6) is 0 Å².